The van der Waals surface area contributed by atoms with Gasteiger partial charge in [-0.25, -0.2) is 15.0 Å². The second kappa shape index (κ2) is 9.05. The molecule has 4 aromatic rings. The van der Waals surface area contributed by atoms with Gasteiger partial charge in [-0.05, 0) is 61.7 Å². The predicted molar refractivity (Wildman–Crippen MR) is 122 cm³/mol. The Morgan fingerprint density at radius 2 is 1.88 bits per heavy atom. The summed E-state index contributed by atoms with van der Waals surface area (Å²) in [6.07, 6.45) is -0.248. The number of hydrogen-bond acceptors (Lipinski definition) is 4. The number of alkyl halides is 3. The lowest BCUT2D eigenvalue weighted by molar-refractivity contribution is -0.137. The summed E-state index contributed by atoms with van der Waals surface area (Å²) in [5, 5.41) is 0.905. The summed E-state index contributed by atoms with van der Waals surface area (Å²) >= 11 is 0. The van der Waals surface area contributed by atoms with Crippen LogP contribution in [0.2, 0.25) is 0 Å². The quantitative estimate of drug-likeness (QED) is 0.241. The van der Waals surface area contributed by atoms with Crippen LogP contribution in [0.4, 0.5) is 18.9 Å². The molecular weight excluding hydrogens is 429 g/mol. The monoisotopic (exact) mass is 452 g/mol. The van der Waals surface area contributed by atoms with E-state index in [0.717, 1.165) is 35.2 Å². The Bertz CT molecular complexity index is 1310. The number of nitrogens with zero attached hydrogens (tertiary/aromatic N) is 4. The van der Waals surface area contributed by atoms with E-state index in [1.165, 1.54) is 12.4 Å². The van der Waals surface area contributed by atoms with Crippen molar-refractivity contribution in [2.24, 2.45) is 10.9 Å². The van der Waals surface area contributed by atoms with Gasteiger partial charge in [0.1, 0.15) is 17.9 Å². The number of rotatable bonds is 5. The zero-order valence-electron chi connectivity index (χ0n) is 18.5. The van der Waals surface area contributed by atoms with Crippen molar-refractivity contribution in [2.45, 2.75) is 33.4 Å². The minimum atomic E-state index is -4.41. The van der Waals surface area contributed by atoms with Crippen molar-refractivity contribution in [1.82, 2.24) is 14.5 Å². The lowest BCUT2D eigenvalue weighted by atomic mass is 10.1. The SMILES string of the molecule is CC(=Nc1cccc(C(F)(F)F)c1)n1ccc2cc(Oc3cc(CC(C)C)ncn3)ccc21. The van der Waals surface area contributed by atoms with E-state index in [2.05, 4.69) is 28.8 Å². The molecule has 0 amide bonds. The molecule has 0 fully saturated rings. The molecule has 0 atom stereocenters. The first kappa shape index (κ1) is 22.5. The van der Waals surface area contributed by atoms with Crippen molar-refractivity contribution in [3.63, 3.8) is 0 Å². The van der Waals surface area contributed by atoms with Crippen LogP contribution in [0.1, 0.15) is 32.0 Å². The highest BCUT2D eigenvalue weighted by atomic mass is 19.4. The van der Waals surface area contributed by atoms with Crippen LogP contribution in [0.3, 0.4) is 0 Å². The van der Waals surface area contributed by atoms with E-state index >= 15 is 0 Å². The molecule has 0 spiro atoms. The fourth-order valence-electron chi connectivity index (χ4n) is 3.54. The maximum absolute atomic E-state index is 13.0. The number of aromatic nitrogens is 3. The molecule has 2 aromatic carbocycles. The molecule has 5 nitrogen and oxygen atoms in total. The van der Waals surface area contributed by atoms with E-state index in [9.17, 15) is 13.2 Å². The van der Waals surface area contributed by atoms with E-state index in [1.54, 1.807) is 13.0 Å². The molecular formula is C25H23F3N4O. The second-order valence-electron chi connectivity index (χ2n) is 8.16. The van der Waals surface area contributed by atoms with Gasteiger partial charge < -0.3 is 9.30 Å². The summed E-state index contributed by atoms with van der Waals surface area (Å²) < 4.78 is 46.7. The summed E-state index contributed by atoms with van der Waals surface area (Å²) in [4.78, 5) is 12.8. The Hall–Kier alpha value is -3.68. The van der Waals surface area contributed by atoms with Crippen LogP contribution in [-0.2, 0) is 12.6 Å². The van der Waals surface area contributed by atoms with E-state index in [-0.39, 0.29) is 5.69 Å². The zero-order valence-corrected chi connectivity index (χ0v) is 18.5. The third-order valence-corrected chi connectivity index (χ3v) is 5.01. The normalized spacial score (nSPS) is 12.5. The summed E-state index contributed by atoms with van der Waals surface area (Å²) in [7, 11) is 0. The molecule has 33 heavy (non-hydrogen) atoms. The van der Waals surface area contributed by atoms with E-state index in [0.29, 0.717) is 23.4 Å². The van der Waals surface area contributed by atoms with Gasteiger partial charge in [0, 0.05) is 23.3 Å². The number of hydrogen-bond donors (Lipinski definition) is 0. The van der Waals surface area contributed by atoms with Crippen molar-refractivity contribution in [1.29, 1.82) is 0 Å². The molecule has 0 saturated heterocycles. The highest BCUT2D eigenvalue weighted by molar-refractivity contribution is 5.95. The smallest absolute Gasteiger partial charge is 0.416 e. The van der Waals surface area contributed by atoms with Crippen LogP contribution >= 0.6 is 0 Å². The van der Waals surface area contributed by atoms with Crippen molar-refractivity contribution < 1.29 is 17.9 Å². The lowest BCUT2D eigenvalue weighted by Gasteiger charge is -2.09. The summed E-state index contributed by atoms with van der Waals surface area (Å²) in [6, 6.07) is 14.3. The standard InChI is InChI=1S/C25H23F3N4O/c1-16(2)11-21-14-24(30-15-29-21)33-22-7-8-23-18(12-22)9-10-32(23)17(3)31-20-6-4-5-19(13-20)25(26,27)28/h4-10,12-16H,11H2,1-3H3. The highest BCUT2D eigenvalue weighted by Gasteiger charge is 2.30. The summed E-state index contributed by atoms with van der Waals surface area (Å²) in [5.41, 5.74) is 1.30. The molecule has 0 aliphatic carbocycles. The van der Waals surface area contributed by atoms with Crippen LogP contribution in [0.15, 0.2) is 72.1 Å². The van der Waals surface area contributed by atoms with Crippen molar-refractivity contribution in [3.05, 3.63) is 78.4 Å². The van der Waals surface area contributed by atoms with Crippen LogP contribution in [-0.4, -0.2) is 20.4 Å². The van der Waals surface area contributed by atoms with Crippen LogP contribution < -0.4 is 4.74 Å². The number of fused-ring (bicyclic) bond motifs is 1. The van der Waals surface area contributed by atoms with E-state index in [1.807, 2.05) is 41.1 Å². The third-order valence-electron chi connectivity index (χ3n) is 5.01. The van der Waals surface area contributed by atoms with Gasteiger partial charge in [-0.2, -0.15) is 13.2 Å². The molecule has 0 unspecified atom stereocenters. The topological polar surface area (TPSA) is 52.3 Å². The van der Waals surface area contributed by atoms with Crippen molar-refractivity contribution in [2.75, 3.05) is 0 Å². The molecule has 0 saturated carbocycles. The average molecular weight is 452 g/mol. The van der Waals surface area contributed by atoms with Gasteiger partial charge in [0.05, 0.1) is 16.8 Å². The van der Waals surface area contributed by atoms with Gasteiger partial charge in [0.25, 0.3) is 0 Å². The maximum atomic E-state index is 13.0. The van der Waals surface area contributed by atoms with Gasteiger partial charge in [-0.15, -0.1) is 0 Å². The Balaban J connectivity index is 1.58. The number of ether oxygens (including phenoxy) is 1. The zero-order chi connectivity index (χ0) is 23.6. The minimum Gasteiger partial charge on any atom is -0.439 e. The molecule has 4 rings (SSSR count). The Morgan fingerprint density at radius 1 is 1.06 bits per heavy atom. The number of halogens is 3. The van der Waals surface area contributed by atoms with Gasteiger partial charge >= 0.3 is 6.18 Å². The third kappa shape index (κ3) is 5.39. The highest BCUT2D eigenvalue weighted by Crippen LogP contribution is 2.32. The minimum absolute atomic E-state index is 0.241. The Labute approximate surface area is 189 Å². The fraction of sp³-hybridized carbons (Fsp3) is 0.240. The fourth-order valence-corrected chi connectivity index (χ4v) is 3.54. The predicted octanol–water partition coefficient (Wildman–Crippen LogP) is 7.04. The van der Waals surface area contributed by atoms with Gasteiger partial charge in [-0.1, -0.05) is 19.9 Å². The van der Waals surface area contributed by atoms with Gasteiger partial charge in [-0.3, -0.25) is 0 Å². The van der Waals surface area contributed by atoms with Crippen LogP contribution in [0, 0.1) is 5.92 Å². The summed E-state index contributed by atoms with van der Waals surface area (Å²) in [6.45, 7) is 6.00. The van der Waals surface area contributed by atoms with Crippen LogP contribution in [0.25, 0.3) is 10.9 Å². The molecule has 0 aliphatic heterocycles. The first-order valence-corrected chi connectivity index (χ1v) is 10.5. The molecule has 0 N–H and O–H groups in total. The molecule has 0 bridgehead atoms. The second-order valence-corrected chi connectivity index (χ2v) is 8.16. The van der Waals surface area contributed by atoms with Crippen LogP contribution in [0.5, 0.6) is 11.6 Å². The number of aliphatic imine (C=N–C) groups is 1. The molecule has 170 valence electrons. The average Bonchev–Trinajstić information content (AvgIpc) is 3.16. The van der Waals surface area contributed by atoms with E-state index in [4.69, 9.17) is 4.74 Å². The van der Waals surface area contributed by atoms with Gasteiger partial charge in [0.2, 0.25) is 5.88 Å². The molecule has 0 aliphatic rings. The lowest BCUT2D eigenvalue weighted by Crippen LogP contribution is -2.06. The Kier molecular flexibility index (Phi) is 6.18. The largest absolute Gasteiger partial charge is 0.439 e. The molecule has 2 aromatic heterocycles. The van der Waals surface area contributed by atoms with Crippen molar-refractivity contribution in [3.8, 4) is 11.6 Å². The first-order chi connectivity index (χ1) is 15.7. The first-order valence-electron chi connectivity index (χ1n) is 10.5. The molecule has 2 heterocycles. The maximum Gasteiger partial charge on any atom is 0.416 e. The summed E-state index contributed by atoms with van der Waals surface area (Å²) in [5.74, 6) is 2.13. The number of benzene rings is 2. The molecule has 0 radical (unpaired) electrons. The van der Waals surface area contributed by atoms with E-state index < -0.39 is 11.7 Å². The Morgan fingerprint density at radius 3 is 2.64 bits per heavy atom. The van der Waals surface area contributed by atoms with Gasteiger partial charge in [0.15, 0.2) is 0 Å². The van der Waals surface area contributed by atoms with Crippen molar-refractivity contribution >= 4 is 22.4 Å². The molecule has 8 heteroatoms.